The van der Waals surface area contributed by atoms with Crippen molar-refractivity contribution in [3.05, 3.63) is 57.2 Å². The zero-order valence-corrected chi connectivity index (χ0v) is 16.0. The predicted molar refractivity (Wildman–Crippen MR) is 104 cm³/mol. The molecule has 0 aliphatic heterocycles. The SMILES string of the molecule is CN(Cc1ccc(Cl)s1)C(=O)CN(CCN)Cc1ccccc1.Cl. The zero-order valence-electron chi connectivity index (χ0n) is 13.7. The molecule has 0 saturated heterocycles. The second-order valence-corrected chi connectivity index (χ2v) is 7.24. The molecule has 2 N–H and O–H groups in total. The highest BCUT2D eigenvalue weighted by Gasteiger charge is 2.15. The molecule has 24 heavy (non-hydrogen) atoms. The number of carbonyl (C=O) groups is 1. The Morgan fingerprint density at radius 3 is 2.46 bits per heavy atom. The Morgan fingerprint density at radius 2 is 1.88 bits per heavy atom. The van der Waals surface area contributed by atoms with E-state index >= 15 is 0 Å². The van der Waals surface area contributed by atoms with Gasteiger partial charge in [-0.05, 0) is 17.7 Å². The van der Waals surface area contributed by atoms with E-state index < -0.39 is 0 Å². The molecule has 0 bridgehead atoms. The maximum atomic E-state index is 12.4. The number of benzene rings is 1. The highest BCUT2D eigenvalue weighted by Crippen LogP contribution is 2.22. The molecule has 1 amide bonds. The van der Waals surface area contributed by atoms with Crippen LogP contribution in [0.25, 0.3) is 0 Å². The van der Waals surface area contributed by atoms with Gasteiger partial charge in [0, 0.05) is 31.6 Å². The summed E-state index contributed by atoms with van der Waals surface area (Å²) >= 11 is 7.44. The summed E-state index contributed by atoms with van der Waals surface area (Å²) < 4.78 is 0.745. The molecule has 0 fully saturated rings. The van der Waals surface area contributed by atoms with Crippen molar-refractivity contribution >= 4 is 41.3 Å². The number of hydrogen-bond acceptors (Lipinski definition) is 4. The molecule has 0 aliphatic carbocycles. The Hall–Kier alpha value is -1.11. The van der Waals surface area contributed by atoms with Crippen molar-refractivity contribution in [2.45, 2.75) is 13.1 Å². The van der Waals surface area contributed by atoms with Crippen molar-refractivity contribution in [2.24, 2.45) is 5.73 Å². The van der Waals surface area contributed by atoms with E-state index in [1.807, 2.05) is 37.4 Å². The third-order valence-electron chi connectivity index (χ3n) is 3.50. The highest BCUT2D eigenvalue weighted by atomic mass is 35.5. The van der Waals surface area contributed by atoms with Crippen LogP contribution in [-0.4, -0.2) is 42.4 Å². The van der Waals surface area contributed by atoms with E-state index in [0.717, 1.165) is 15.8 Å². The quantitative estimate of drug-likeness (QED) is 0.755. The largest absolute Gasteiger partial charge is 0.340 e. The lowest BCUT2D eigenvalue weighted by Crippen LogP contribution is -2.39. The number of amides is 1. The van der Waals surface area contributed by atoms with Gasteiger partial charge in [-0.3, -0.25) is 9.69 Å². The first kappa shape index (κ1) is 20.9. The average Bonchev–Trinajstić information content (AvgIpc) is 2.93. The molecule has 0 unspecified atom stereocenters. The van der Waals surface area contributed by atoms with Crippen LogP contribution in [0.1, 0.15) is 10.4 Å². The minimum absolute atomic E-state index is 0. The van der Waals surface area contributed by atoms with Crippen LogP contribution in [0, 0.1) is 0 Å². The summed E-state index contributed by atoms with van der Waals surface area (Å²) in [6.07, 6.45) is 0. The number of nitrogens with two attached hydrogens (primary N) is 1. The van der Waals surface area contributed by atoms with Crippen LogP contribution < -0.4 is 5.73 Å². The molecular formula is C17H23Cl2N3OS. The van der Waals surface area contributed by atoms with Gasteiger partial charge in [-0.2, -0.15) is 0 Å². The first-order chi connectivity index (χ1) is 11.1. The van der Waals surface area contributed by atoms with Gasteiger partial charge in [0.1, 0.15) is 0 Å². The van der Waals surface area contributed by atoms with E-state index in [1.165, 1.54) is 16.9 Å². The number of likely N-dealkylation sites (N-methyl/N-ethyl adjacent to an activating group) is 1. The van der Waals surface area contributed by atoms with Gasteiger partial charge in [-0.15, -0.1) is 23.7 Å². The zero-order chi connectivity index (χ0) is 16.7. The van der Waals surface area contributed by atoms with Crippen LogP contribution >= 0.6 is 35.3 Å². The molecule has 2 rings (SSSR count). The number of carbonyl (C=O) groups excluding carboxylic acids is 1. The minimum atomic E-state index is 0. The first-order valence-corrected chi connectivity index (χ1v) is 8.72. The van der Waals surface area contributed by atoms with E-state index in [9.17, 15) is 4.79 Å². The molecule has 4 nitrogen and oxygen atoms in total. The van der Waals surface area contributed by atoms with Gasteiger partial charge < -0.3 is 10.6 Å². The van der Waals surface area contributed by atoms with Crippen molar-refractivity contribution in [3.8, 4) is 0 Å². The normalized spacial score (nSPS) is 10.5. The molecule has 0 radical (unpaired) electrons. The van der Waals surface area contributed by atoms with Crippen LogP contribution in [0.4, 0.5) is 0 Å². The molecule has 1 aromatic heterocycles. The number of rotatable bonds is 8. The topological polar surface area (TPSA) is 49.6 Å². The van der Waals surface area contributed by atoms with E-state index in [1.54, 1.807) is 4.90 Å². The van der Waals surface area contributed by atoms with Crippen LogP contribution in [0.2, 0.25) is 4.34 Å². The predicted octanol–water partition coefficient (Wildman–Crippen LogP) is 3.24. The maximum Gasteiger partial charge on any atom is 0.236 e. The van der Waals surface area contributed by atoms with Crippen molar-refractivity contribution in [3.63, 3.8) is 0 Å². The molecule has 0 spiro atoms. The molecule has 7 heteroatoms. The summed E-state index contributed by atoms with van der Waals surface area (Å²) in [4.78, 5) is 17.3. The lowest BCUT2D eigenvalue weighted by Gasteiger charge is -2.24. The van der Waals surface area contributed by atoms with Gasteiger partial charge in [0.2, 0.25) is 5.91 Å². The molecular weight excluding hydrogens is 365 g/mol. The second-order valence-electron chi connectivity index (χ2n) is 5.44. The standard InChI is InChI=1S/C17H22ClN3OS.ClH/c1-20(12-15-7-8-16(18)23-15)17(22)13-21(10-9-19)11-14-5-3-2-4-6-14;/h2-8H,9-13,19H2,1H3;1H. The fraction of sp³-hybridized carbons (Fsp3) is 0.353. The number of nitrogens with zero attached hydrogens (tertiary/aromatic N) is 2. The third kappa shape index (κ3) is 6.79. The number of hydrogen-bond donors (Lipinski definition) is 1. The van der Waals surface area contributed by atoms with Crippen molar-refractivity contribution in [2.75, 3.05) is 26.7 Å². The van der Waals surface area contributed by atoms with Crippen molar-refractivity contribution in [1.29, 1.82) is 0 Å². The van der Waals surface area contributed by atoms with Gasteiger partial charge >= 0.3 is 0 Å². The van der Waals surface area contributed by atoms with Crippen LogP contribution in [0.15, 0.2) is 42.5 Å². The fourth-order valence-corrected chi connectivity index (χ4v) is 3.45. The summed E-state index contributed by atoms with van der Waals surface area (Å²) in [6.45, 7) is 2.89. The smallest absolute Gasteiger partial charge is 0.236 e. The number of thiophene rings is 1. The summed E-state index contributed by atoms with van der Waals surface area (Å²) in [5.41, 5.74) is 6.86. The molecule has 132 valence electrons. The Labute approximate surface area is 158 Å². The van der Waals surface area contributed by atoms with Gasteiger partial charge in [0.05, 0.1) is 17.4 Å². The molecule has 1 aromatic carbocycles. The van der Waals surface area contributed by atoms with Gasteiger partial charge in [-0.25, -0.2) is 0 Å². The van der Waals surface area contributed by atoms with E-state index in [0.29, 0.717) is 26.2 Å². The minimum Gasteiger partial charge on any atom is -0.340 e. The van der Waals surface area contributed by atoms with E-state index in [4.69, 9.17) is 17.3 Å². The second kappa shape index (κ2) is 10.7. The average molecular weight is 388 g/mol. The van der Waals surface area contributed by atoms with Crippen molar-refractivity contribution < 1.29 is 4.79 Å². The lowest BCUT2D eigenvalue weighted by atomic mass is 10.2. The Bertz CT molecular complexity index is 621. The Morgan fingerprint density at radius 1 is 1.17 bits per heavy atom. The highest BCUT2D eigenvalue weighted by molar-refractivity contribution is 7.16. The molecule has 0 aliphatic rings. The van der Waals surface area contributed by atoms with Gasteiger partial charge in [-0.1, -0.05) is 41.9 Å². The summed E-state index contributed by atoms with van der Waals surface area (Å²) in [7, 11) is 1.82. The Balaban J connectivity index is 0.00000288. The van der Waals surface area contributed by atoms with Crippen LogP contribution in [0.5, 0.6) is 0 Å². The summed E-state index contributed by atoms with van der Waals surface area (Å²) in [5.74, 6) is 0.0823. The van der Waals surface area contributed by atoms with Crippen molar-refractivity contribution in [1.82, 2.24) is 9.80 Å². The first-order valence-electron chi connectivity index (χ1n) is 7.53. The third-order valence-corrected chi connectivity index (χ3v) is 4.72. The summed E-state index contributed by atoms with van der Waals surface area (Å²) in [5, 5.41) is 0. The Kier molecular flexibility index (Phi) is 9.33. The number of halogens is 2. The van der Waals surface area contributed by atoms with E-state index in [-0.39, 0.29) is 18.3 Å². The molecule has 0 saturated carbocycles. The van der Waals surface area contributed by atoms with Crippen LogP contribution in [0.3, 0.4) is 0 Å². The molecule has 1 heterocycles. The molecule has 0 atom stereocenters. The molecule has 2 aromatic rings. The van der Waals surface area contributed by atoms with Gasteiger partial charge in [0.15, 0.2) is 0 Å². The maximum absolute atomic E-state index is 12.4. The lowest BCUT2D eigenvalue weighted by molar-refractivity contribution is -0.131. The van der Waals surface area contributed by atoms with Gasteiger partial charge in [0.25, 0.3) is 0 Å². The van der Waals surface area contributed by atoms with Crippen LogP contribution in [-0.2, 0) is 17.9 Å². The van der Waals surface area contributed by atoms with E-state index in [2.05, 4.69) is 17.0 Å². The summed E-state index contributed by atoms with van der Waals surface area (Å²) in [6, 6.07) is 13.9. The fourth-order valence-electron chi connectivity index (χ4n) is 2.31. The monoisotopic (exact) mass is 387 g/mol.